The molecule has 0 aromatic carbocycles. The molecule has 5 nitrogen and oxygen atoms in total. The molecule has 0 N–H and O–H groups in total. The van der Waals surface area contributed by atoms with Gasteiger partial charge in [0.15, 0.2) is 0 Å². The summed E-state index contributed by atoms with van der Waals surface area (Å²) in [4.78, 5) is 30.5. The van der Waals surface area contributed by atoms with Gasteiger partial charge in [0.2, 0.25) is 0 Å². The molecule has 0 aromatic heterocycles. The lowest BCUT2D eigenvalue weighted by atomic mass is 9.76. The highest BCUT2D eigenvalue weighted by molar-refractivity contribution is 6.04. The maximum atomic E-state index is 12.3. The van der Waals surface area contributed by atoms with Gasteiger partial charge in [0, 0.05) is 19.6 Å². The van der Waals surface area contributed by atoms with Gasteiger partial charge in [0.25, 0.3) is 5.91 Å². The quantitative estimate of drug-likeness (QED) is 0.741. The molecule has 0 radical (unpaired) electrons. The lowest BCUT2D eigenvalue weighted by Crippen LogP contribution is -2.44. The molecular weight excluding hydrogens is 266 g/mol. The third kappa shape index (κ3) is 2.17. The fourth-order valence-corrected chi connectivity index (χ4v) is 4.44. The van der Waals surface area contributed by atoms with Crippen LogP contribution in [0.1, 0.15) is 39.0 Å². The van der Waals surface area contributed by atoms with Crippen molar-refractivity contribution in [3.8, 4) is 0 Å². The minimum atomic E-state index is -0.160. The van der Waals surface area contributed by atoms with E-state index in [0.717, 1.165) is 44.8 Å². The smallest absolute Gasteiger partial charge is 0.312 e. The van der Waals surface area contributed by atoms with Crippen LogP contribution in [0.3, 0.4) is 0 Å². The number of likely N-dealkylation sites (N-methyl/N-ethyl adjacent to an activating group) is 1. The largest absolute Gasteiger partial charge is 0.327 e. The van der Waals surface area contributed by atoms with Gasteiger partial charge in [0.1, 0.15) is 6.04 Å². The van der Waals surface area contributed by atoms with Crippen molar-refractivity contribution in [3.05, 3.63) is 0 Å². The fourth-order valence-electron chi connectivity index (χ4n) is 4.44. The molecule has 1 spiro atoms. The molecule has 1 unspecified atom stereocenters. The van der Waals surface area contributed by atoms with E-state index in [-0.39, 0.29) is 23.4 Å². The Morgan fingerprint density at radius 3 is 2.48 bits per heavy atom. The van der Waals surface area contributed by atoms with Gasteiger partial charge in [-0.2, -0.15) is 0 Å². The van der Waals surface area contributed by atoms with Crippen molar-refractivity contribution in [2.45, 2.75) is 45.1 Å². The van der Waals surface area contributed by atoms with Crippen LogP contribution in [0.4, 0.5) is 4.79 Å². The molecule has 116 valence electrons. The first-order valence-electron chi connectivity index (χ1n) is 8.46. The van der Waals surface area contributed by atoms with E-state index in [1.807, 2.05) is 11.8 Å². The Morgan fingerprint density at radius 1 is 1.19 bits per heavy atom. The van der Waals surface area contributed by atoms with Gasteiger partial charge >= 0.3 is 6.03 Å². The summed E-state index contributed by atoms with van der Waals surface area (Å²) in [6.07, 6.45) is 6.02. The van der Waals surface area contributed by atoms with Crippen LogP contribution >= 0.6 is 0 Å². The van der Waals surface area contributed by atoms with E-state index in [0.29, 0.717) is 6.54 Å². The minimum Gasteiger partial charge on any atom is -0.312 e. The highest BCUT2D eigenvalue weighted by Gasteiger charge is 2.55. The Balaban J connectivity index is 1.41. The summed E-state index contributed by atoms with van der Waals surface area (Å²) in [6, 6.07) is -0.211. The van der Waals surface area contributed by atoms with Crippen molar-refractivity contribution < 1.29 is 9.59 Å². The first kappa shape index (κ1) is 13.6. The van der Waals surface area contributed by atoms with Gasteiger partial charge in [-0.3, -0.25) is 9.69 Å². The van der Waals surface area contributed by atoms with Crippen LogP contribution < -0.4 is 0 Å². The monoisotopic (exact) mass is 291 g/mol. The highest BCUT2D eigenvalue weighted by atomic mass is 16.2. The van der Waals surface area contributed by atoms with Crippen molar-refractivity contribution in [1.29, 1.82) is 0 Å². The van der Waals surface area contributed by atoms with E-state index < -0.39 is 0 Å². The summed E-state index contributed by atoms with van der Waals surface area (Å²) in [6.45, 7) is 6.76. The number of rotatable bonds is 3. The third-order valence-electron chi connectivity index (χ3n) is 5.98. The summed E-state index contributed by atoms with van der Waals surface area (Å²) in [5, 5.41) is 0. The van der Waals surface area contributed by atoms with Gasteiger partial charge < -0.3 is 9.80 Å². The molecule has 3 aliphatic heterocycles. The topological polar surface area (TPSA) is 43.9 Å². The fraction of sp³-hybridized carbons (Fsp3) is 0.875. The molecule has 5 heteroatoms. The SMILES string of the molecule is CCN1C(=O)C2CC3(CCN(CC4CC4)CC3)CN2C1=O. The van der Waals surface area contributed by atoms with Crippen molar-refractivity contribution >= 4 is 11.9 Å². The molecule has 3 saturated heterocycles. The maximum Gasteiger partial charge on any atom is 0.327 e. The van der Waals surface area contributed by atoms with E-state index in [9.17, 15) is 9.59 Å². The Hall–Kier alpha value is -1.10. The molecule has 4 fully saturated rings. The molecule has 4 aliphatic rings. The van der Waals surface area contributed by atoms with Gasteiger partial charge in [-0.1, -0.05) is 0 Å². The zero-order valence-corrected chi connectivity index (χ0v) is 12.9. The number of nitrogens with zero attached hydrogens (tertiary/aromatic N) is 3. The van der Waals surface area contributed by atoms with E-state index in [1.165, 1.54) is 24.3 Å². The summed E-state index contributed by atoms with van der Waals surface area (Å²) < 4.78 is 0. The Morgan fingerprint density at radius 2 is 1.90 bits per heavy atom. The number of fused-ring (bicyclic) bond motifs is 1. The number of likely N-dealkylation sites (tertiary alicyclic amines) is 1. The van der Waals surface area contributed by atoms with Gasteiger partial charge in [0.05, 0.1) is 0 Å². The standard InChI is InChI=1S/C16H25N3O2/c1-2-18-14(20)13-9-16(11-19(13)15(18)21)5-7-17(8-6-16)10-12-3-4-12/h12-13H,2-11H2,1H3. The number of urea groups is 1. The average Bonchev–Trinajstić information content (AvgIpc) is 3.17. The molecule has 4 rings (SSSR count). The van der Waals surface area contributed by atoms with Gasteiger partial charge in [-0.05, 0) is 63.5 Å². The number of amides is 3. The number of hydrogen-bond acceptors (Lipinski definition) is 3. The van der Waals surface area contributed by atoms with E-state index in [1.54, 1.807) is 0 Å². The predicted molar refractivity (Wildman–Crippen MR) is 78.7 cm³/mol. The molecule has 0 bridgehead atoms. The molecule has 3 amide bonds. The third-order valence-corrected chi connectivity index (χ3v) is 5.98. The van der Waals surface area contributed by atoms with E-state index in [4.69, 9.17) is 0 Å². The highest BCUT2D eigenvalue weighted by Crippen LogP contribution is 2.46. The van der Waals surface area contributed by atoms with Crippen molar-refractivity contribution in [2.75, 3.05) is 32.7 Å². The lowest BCUT2D eigenvalue weighted by molar-refractivity contribution is -0.128. The second kappa shape index (κ2) is 4.70. The van der Waals surface area contributed by atoms with Crippen LogP contribution in [0.25, 0.3) is 0 Å². The first-order chi connectivity index (χ1) is 10.1. The number of carbonyl (C=O) groups is 2. The minimum absolute atomic E-state index is 0.0415. The van der Waals surface area contributed by atoms with E-state index in [2.05, 4.69) is 4.90 Å². The normalized spacial score (nSPS) is 32.3. The molecule has 3 heterocycles. The number of imide groups is 1. The number of piperidine rings is 1. The molecule has 1 saturated carbocycles. The second-order valence-electron chi connectivity index (χ2n) is 7.46. The second-order valence-corrected chi connectivity index (χ2v) is 7.46. The van der Waals surface area contributed by atoms with Crippen LogP contribution in [0, 0.1) is 11.3 Å². The van der Waals surface area contributed by atoms with Crippen LogP contribution in [0.5, 0.6) is 0 Å². The molecular formula is C16H25N3O2. The van der Waals surface area contributed by atoms with Crippen LogP contribution in [-0.4, -0.2) is 65.4 Å². The Labute approximate surface area is 126 Å². The van der Waals surface area contributed by atoms with Gasteiger partial charge in [-0.15, -0.1) is 0 Å². The summed E-state index contributed by atoms with van der Waals surface area (Å²) >= 11 is 0. The lowest BCUT2D eigenvalue weighted by Gasteiger charge is -2.39. The predicted octanol–water partition coefficient (Wildman–Crippen LogP) is 1.53. The van der Waals surface area contributed by atoms with E-state index >= 15 is 0 Å². The molecule has 1 aliphatic carbocycles. The molecule has 21 heavy (non-hydrogen) atoms. The zero-order valence-electron chi connectivity index (χ0n) is 12.9. The Bertz CT molecular complexity index is 440. The van der Waals surface area contributed by atoms with Crippen LogP contribution in [0.2, 0.25) is 0 Å². The maximum absolute atomic E-state index is 12.3. The van der Waals surface area contributed by atoms with Crippen molar-refractivity contribution in [2.24, 2.45) is 11.3 Å². The first-order valence-corrected chi connectivity index (χ1v) is 8.46. The summed E-state index contributed by atoms with van der Waals surface area (Å²) in [5.41, 5.74) is 0.218. The molecule has 0 aromatic rings. The van der Waals surface area contributed by atoms with Crippen LogP contribution in [0.15, 0.2) is 0 Å². The number of carbonyl (C=O) groups excluding carboxylic acids is 2. The Kier molecular flexibility index (Phi) is 3.03. The summed E-state index contributed by atoms with van der Waals surface area (Å²) in [5.74, 6) is 0.992. The van der Waals surface area contributed by atoms with Crippen LogP contribution in [-0.2, 0) is 4.79 Å². The summed E-state index contributed by atoms with van der Waals surface area (Å²) in [7, 11) is 0. The van der Waals surface area contributed by atoms with Crippen molar-refractivity contribution in [3.63, 3.8) is 0 Å². The number of hydrogen-bond donors (Lipinski definition) is 0. The van der Waals surface area contributed by atoms with Gasteiger partial charge in [-0.25, -0.2) is 4.79 Å². The van der Waals surface area contributed by atoms with Crippen molar-refractivity contribution in [1.82, 2.24) is 14.7 Å². The average molecular weight is 291 g/mol. The zero-order chi connectivity index (χ0) is 14.6. The molecule has 1 atom stereocenters.